The number of aromatic nitrogens is 4. The summed E-state index contributed by atoms with van der Waals surface area (Å²) in [6, 6.07) is 0.242. The third-order valence-corrected chi connectivity index (χ3v) is 4.84. The summed E-state index contributed by atoms with van der Waals surface area (Å²) in [5.74, 6) is 0.160. The van der Waals surface area contributed by atoms with Crippen LogP contribution in [0.1, 0.15) is 36.5 Å². The third kappa shape index (κ3) is 3.29. The second-order valence-electron chi connectivity index (χ2n) is 5.27. The van der Waals surface area contributed by atoms with E-state index < -0.39 is 0 Å². The van der Waals surface area contributed by atoms with E-state index in [0.29, 0.717) is 13.0 Å². The maximum Gasteiger partial charge on any atom is 0.228 e. The molecule has 3 rings (SSSR count). The Morgan fingerprint density at radius 1 is 1.52 bits per heavy atom. The summed E-state index contributed by atoms with van der Waals surface area (Å²) < 4.78 is 1.86. The quantitative estimate of drug-likeness (QED) is 0.862. The number of nitrogens with zero attached hydrogens (tertiary/aromatic N) is 5. The molecule has 0 radical (unpaired) electrons. The van der Waals surface area contributed by atoms with E-state index in [1.807, 2.05) is 15.0 Å². The minimum absolute atomic E-state index is 0.160. The van der Waals surface area contributed by atoms with Gasteiger partial charge in [0.1, 0.15) is 12.7 Å². The number of hydrogen-bond acceptors (Lipinski definition) is 5. The summed E-state index contributed by atoms with van der Waals surface area (Å²) in [7, 11) is 0. The molecule has 7 heteroatoms. The summed E-state index contributed by atoms with van der Waals surface area (Å²) >= 11 is 1.63. The van der Waals surface area contributed by atoms with Gasteiger partial charge in [-0.05, 0) is 19.3 Å². The van der Waals surface area contributed by atoms with Crippen LogP contribution in [0.25, 0.3) is 0 Å². The highest BCUT2D eigenvalue weighted by Gasteiger charge is 2.25. The summed E-state index contributed by atoms with van der Waals surface area (Å²) in [5.41, 5.74) is 0.893. The number of carbonyl (C=O) groups is 1. The Labute approximate surface area is 127 Å². The molecule has 0 saturated carbocycles. The fraction of sp³-hybridized carbons (Fsp3) is 0.571. The van der Waals surface area contributed by atoms with Gasteiger partial charge in [-0.1, -0.05) is 6.92 Å². The van der Waals surface area contributed by atoms with E-state index >= 15 is 0 Å². The number of rotatable bonds is 4. The highest BCUT2D eigenvalue weighted by molar-refractivity contribution is 7.09. The molecule has 112 valence electrons. The Kier molecular flexibility index (Phi) is 4.28. The molecule has 3 heterocycles. The molecule has 0 bridgehead atoms. The normalized spacial score (nSPS) is 18.9. The van der Waals surface area contributed by atoms with E-state index in [1.165, 1.54) is 0 Å². The molecule has 1 aliphatic rings. The number of aryl methyl sites for hydroxylation is 1. The lowest BCUT2D eigenvalue weighted by atomic mass is 10.1. The van der Waals surface area contributed by atoms with Gasteiger partial charge < -0.3 is 4.90 Å². The van der Waals surface area contributed by atoms with E-state index in [-0.39, 0.29) is 11.9 Å². The van der Waals surface area contributed by atoms with E-state index in [4.69, 9.17) is 0 Å². The van der Waals surface area contributed by atoms with Crippen molar-refractivity contribution in [1.82, 2.24) is 24.6 Å². The van der Waals surface area contributed by atoms with Crippen LogP contribution in [-0.4, -0.2) is 43.6 Å². The predicted molar refractivity (Wildman–Crippen MR) is 80.1 cm³/mol. The SMILES string of the molecule is CCc1nc(CC(=O)N2CCCC(n3cncn3)C2)cs1. The van der Waals surface area contributed by atoms with Crippen LogP contribution < -0.4 is 0 Å². The van der Waals surface area contributed by atoms with Crippen molar-refractivity contribution in [2.75, 3.05) is 13.1 Å². The molecule has 1 saturated heterocycles. The Morgan fingerprint density at radius 2 is 2.43 bits per heavy atom. The number of likely N-dealkylation sites (tertiary alicyclic amines) is 1. The number of hydrogen-bond donors (Lipinski definition) is 0. The predicted octanol–water partition coefficient (Wildman–Crippen LogP) is 1.70. The van der Waals surface area contributed by atoms with Crippen LogP contribution >= 0.6 is 11.3 Å². The first-order valence-electron chi connectivity index (χ1n) is 7.31. The fourth-order valence-electron chi connectivity index (χ4n) is 2.66. The summed E-state index contributed by atoms with van der Waals surface area (Å²) in [5, 5.41) is 7.28. The Hall–Kier alpha value is -1.76. The summed E-state index contributed by atoms with van der Waals surface area (Å²) in [4.78, 5) is 22.8. The molecule has 1 aliphatic heterocycles. The van der Waals surface area contributed by atoms with Crippen molar-refractivity contribution in [3.8, 4) is 0 Å². The van der Waals surface area contributed by atoms with Crippen molar-refractivity contribution in [1.29, 1.82) is 0 Å². The smallest absolute Gasteiger partial charge is 0.228 e. The second-order valence-corrected chi connectivity index (χ2v) is 6.22. The van der Waals surface area contributed by atoms with Crippen molar-refractivity contribution < 1.29 is 4.79 Å². The largest absolute Gasteiger partial charge is 0.340 e. The fourth-order valence-corrected chi connectivity index (χ4v) is 3.41. The van der Waals surface area contributed by atoms with Crippen molar-refractivity contribution >= 4 is 17.2 Å². The standard InChI is InChI=1S/C14H19N5OS/c1-2-13-17-11(8-21-13)6-14(20)18-5-3-4-12(7-18)19-10-15-9-16-19/h8-10,12H,2-7H2,1H3. The van der Waals surface area contributed by atoms with Crippen LogP contribution in [0.15, 0.2) is 18.0 Å². The molecule has 0 aliphatic carbocycles. The third-order valence-electron chi connectivity index (χ3n) is 3.79. The highest BCUT2D eigenvalue weighted by atomic mass is 32.1. The van der Waals surface area contributed by atoms with Gasteiger partial charge in [-0.3, -0.25) is 4.79 Å². The molecule has 1 fully saturated rings. The molecule has 1 atom stereocenters. The van der Waals surface area contributed by atoms with Crippen molar-refractivity contribution in [2.24, 2.45) is 0 Å². The first kappa shape index (κ1) is 14.2. The van der Waals surface area contributed by atoms with E-state index in [1.54, 1.807) is 24.0 Å². The molecule has 21 heavy (non-hydrogen) atoms. The maximum absolute atomic E-state index is 12.4. The lowest BCUT2D eigenvalue weighted by molar-refractivity contribution is -0.132. The molecular formula is C14H19N5OS. The number of carbonyl (C=O) groups excluding carboxylic acids is 1. The van der Waals surface area contributed by atoms with E-state index in [0.717, 1.165) is 36.5 Å². The molecule has 0 N–H and O–H groups in total. The van der Waals surface area contributed by atoms with Crippen LogP contribution in [0.4, 0.5) is 0 Å². The molecule has 1 amide bonds. The zero-order valence-corrected chi connectivity index (χ0v) is 12.9. The minimum atomic E-state index is 0.160. The average molecular weight is 305 g/mol. The molecule has 2 aromatic heterocycles. The molecular weight excluding hydrogens is 286 g/mol. The first-order chi connectivity index (χ1) is 10.3. The maximum atomic E-state index is 12.4. The van der Waals surface area contributed by atoms with Crippen molar-refractivity contribution in [3.63, 3.8) is 0 Å². The number of thiazole rings is 1. The van der Waals surface area contributed by atoms with Crippen molar-refractivity contribution in [3.05, 3.63) is 28.7 Å². The van der Waals surface area contributed by atoms with Gasteiger partial charge in [0.05, 0.1) is 23.2 Å². The van der Waals surface area contributed by atoms with Gasteiger partial charge in [-0.15, -0.1) is 11.3 Å². The van der Waals surface area contributed by atoms with Gasteiger partial charge in [0.25, 0.3) is 0 Å². The minimum Gasteiger partial charge on any atom is -0.340 e. The lowest BCUT2D eigenvalue weighted by Crippen LogP contribution is -2.41. The van der Waals surface area contributed by atoms with Gasteiger partial charge >= 0.3 is 0 Å². The van der Waals surface area contributed by atoms with E-state index in [9.17, 15) is 4.79 Å². The van der Waals surface area contributed by atoms with Gasteiger partial charge in [0.15, 0.2) is 0 Å². The van der Waals surface area contributed by atoms with Gasteiger partial charge in [-0.2, -0.15) is 5.10 Å². The Bertz CT molecular complexity index is 594. The zero-order valence-electron chi connectivity index (χ0n) is 12.1. The summed E-state index contributed by atoms with van der Waals surface area (Å²) in [6.07, 6.45) is 6.66. The van der Waals surface area contributed by atoms with E-state index in [2.05, 4.69) is 22.0 Å². The van der Waals surface area contributed by atoms with Crippen LogP contribution in [0.2, 0.25) is 0 Å². The first-order valence-corrected chi connectivity index (χ1v) is 8.19. The zero-order chi connectivity index (χ0) is 14.7. The van der Waals surface area contributed by atoms with Crippen LogP contribution in [-0.2, 0) is 17.6 Å². The van der Waals surface area contributed by atoms with Gasteiger partial charge in [-0.25, -0.2) is 14.6 Å². The number of piperidine rings is 1. The van der Waals surface area contributed by atoms with Crippen LogP contribution in [0, 0.1) is 0 Å². The van der Waals surface area contributed by atoms with Gasteiger partial charge in [0, 0.05) is 18.5 Å². The van der Waals surface area contributed by atoms with Crippen molar-refractivity contribution in [2.45, 2.75) is 38.6 Å². The highest BCUT2D eigenvalue weighted by Crippen LogP contribution is 2.21. The second kappa shape index (κ2) is 6.34. The lowest BCUT2D eigenvalue weighted by Gasteiger charge is -2.32. The topological polar surface area (TPSA) is 63.9 Å². The summed E-state index contributed by atoms with van der Waals surface area (Å²) in [6.45, 7) is 3.62. The van der Waals surface area contributed by atoms with Crippen LogP contribution in [0.5, 0.6) is 0 Å². The molecule has 2 aromatic rings. The molecule has 6 nitrogen and oxygen atoms in total. The Morgan fingerprint density at radius 3 is 3.14 bits per heavy atom. The molecule has 0 aromatic carbocycles. The number of amides is 1. The molecule has 0 spiro atoms. The van der Waals surface area contributed by atoms with Gasteiger partial charge in [0.2, 0.25) is 5.91 Å². The average Bonchev–Trinajstić information content (AvgIpc) is 3.18. The molecule has 1 unspecified atom stereocenters. The Balaban J connectivity index is 1.61. The van der Waals surface area contributed by atoms with Crippen LogP contribution in [0.3, 0.4) is 0 Å². The monoisotopic (exact) mass is 305 g/mol.